The van der Waals surface area contributed by atoms with Crippen molar-refractivity contribution in [1.82, 2.24) is 0 Å². The van der Waals surface area contributed by atoms with Crippen molar-refractivity contribution in [1.29, 1.82) is 0 Å². The van der Waals surface area contributed by atoms with Gasteiger partial charge in [-0.15, -0.1) is 0 Å². The minimum Gasteiger partial charge on any atom is -0.304 e. The Bertz CT molecular complexity index is 595. The number of hydrogen-bond donors (Lipinski definition) is 0. The van der Waals surface area contributed by atoms with Gasteiger partial charge in [0.05, 0.1) is 11.3 Å². The lowest BCUT2D eigenvalue weighted by Crippen LogP contribution is -2.36. The smallest absolute Gasteiger partial charge is 0.299 e. The molecule has 0 aromatic heterocycles. The second kappa shape index (κ2) is 4.13. The molecule has 19 heavy (non-hydrogen) atoms. The highest BCUT2D eigenvalue weighted by molar-refractivity contribution is 9.09. The molecular formula is C14H13BrFNO2. The van der Waals surface area contributed by atoms with Gasteiger partial charge in [-0.2, -0.15) is 0 Å². The average Bonchev–Trinajstić information content (AvgIpc) is 3.10. The number of nitrogens with zero attached hydrogens (tertiary/aromatic N) is 1. The zero-order chi connectivity index (χ0) is 13.8. The summed E-state index contributed by atoms with van der Waals surface area (Å²) >= 11 is 3.46. The van der Waals surface area contributed by atoms with Gasteiger partial charge in [0.25, 0.3) is 11.7 Å². The largest absolute Gasteiger partial charge is 0.304 e. The van der Waals surface area contributed by atoms with E-state index in [1.807, 2.05) is 0 Å². The van der Waals surface area contributed by atoms with Crippen LogP contribution in [0.4, 0.5) is 10.1 Å². The molecule has 1 aliphatic heterocycles. The Kier molecular flexibility index (Phi) is 2.78. The molecule has 1 aromatic rings. The number of hydrogen-bond acceptors (Lipinski definition) is 2. The van der Waals surface area contributed by atoms with E-state index in [4.69, 9.17) is 0 Å². The molecule has 0 atom stereocenters. The molecule has 3 nitrogen and oxygen atoms in total. The number of halogens is 2. The second-order valence-corrected chi connectivity index (χ2v) is 6.03. The quantitative estimate of drug-likeness (QED) is 0.633. The Morgan fingerprint density at radius 1 is 1.37 bits per heavy atom. The molecule has 2 aliphatic rings. The number of carbonyl (C=O) groups excluding carboxylic acids is 2. The molecular weight excluding hydrogens is 313 g/mol. The summed E-state index contributed by atoms with van der Waals surface area (Å²) in [7, 11) is 0. The zero-order valence-corrected chi connectivity index (χ0v) is 12.1. The van der Waals surface area contributed by atoms with Crippen LogP contribution in [0.15, 0.2) is 12.1 Å². The van der Waals surface area contributed by atoms with Gasteiger partial charge in [-0.25, -0.2) is 4.39 Å². The highest BCUT2D eigenvalue weighted by atomic mass is 79.9. The zero-order valence-electron chi connectivity index (χ0n) is 10.5. The van der Waals surface area contributed by atoms with E-state index < -0.39 is 17.5 Å². The van der Waals surface area contributed by atoms with Crippen molar-refractivity contribution >= 4 is 33.3 Å². The first-order valence-electron chi connectivity index (χ1n) is 6.20. The Morgan fingerprint density at radius 2 is 2.05 bits per heavy atom. The van der Waals surface area contributed by atoms with Gasteiger partial charge in [0.1, 0.15) is 5.82 Å². The van der Waals surface area contributed by atoms with Crippen molar-refractivity contribution in [2.45, 2.75) is 19.8 Å². The van der Waals surface area contributed by atoms with Gasteiger partial charge in [0.15, 0.2) is 0 Å². The van der Waals surface area contributed by atoms with Gasteiger partial charge >= 0.3 is 0 Å². The van der Waals surface area contributed by atoms with Crippen LogP contribution in [0.3, 0.4) is 0 Å². The summed E-state index contributed by atoms with van der Waals surface area (Å²) in [6, 6.07) is 2.53. The minimum atomic E-state index is -0.594. The SMILES string of the molecule is Cc1cc(F)cc2c1N(CC1(CBr)CC1)C(=O)C2=O. The number of anilines is 1. The Balaban J connectivity index is 2.04. The molecule has 1 aromatic carbocycles. The normalized spacial score (nSPS) is 19.8. The molecule has 0 N–H and O–H groups in total. The number of amides is 1. The van der Waals surface area contributed by atoms with Crippen molar-refractivity contribution in [2.75, 3.05) is 16.8 Å². The van der Waals surface area contributed by atoms with Crippen LogP contribution in [-0.2, 0) is 4.79 Å². The summed E-state index contributed by atoms with van der Waals surface area (Å²) in [6.45, 7) is 2.26. The lowest BCUT2D eigenvalue weighted by atomic mass is 10.1. The molecule has 1 aliphatic carbocycles. The summed E-state index contributed by atoms with van der Waals surface area (Å²) in [5.41, 5.74) is 1.51. The Morgan fingerprint density at radius 3 is 2.63 bits per heavy atom. The van der Waals surface area contributed by atoms with Gasteiger partial charge < -0.3 is 4.90 Å². The Labute approximate surface area is 118 Å². The molecule has 5 heteroatoms. The first kappa shape index (κ1) is 12.8. The van der Waals surface area contributed by atoms with E-state index in [1.165, 1.54) is 11.0 Å². The van der Waals surface area contributed by atoms with E-state index in [1.54, 1.807) is 6.92 Å². The van der Waals surface area contributed by atoms with Gasteiger partial charge in [0.2, 0.25) is 0 Å². The lowest BCUT2D eigenvalue weighted by Gasteiger charge is -2.23. The number of aryl methyl sites for hydroxylation is 1. The molecule has 0 bridgehead atoms. The topological polar surface area (TPSA) is 37.4 Å². The molecule has 1 amide bonds. The third-order valence-electron chi connectivity index (χ3n) is 3.95. The van der Waals surface area contributed by atoms with Crippen LogP contribution in [-0.4, -0.2) is 23.6 Å². The number of fused-ring (bicyclic) bond motifs is 1. The maximum absolute atomic E-state index is 13.4. The van der Waals surface area contributed by atoms with Crippen LogP contribution < -0.4 is 4.90 Å². The standard InChI is InChI=1S/C14H13BrFNO2/c1-8-4-9(16)5-10-11(8)17(13(19)12(10)18)7-14(6-15)2-3-14/h4-5H,2-3,6-7H2,1H3. The molecule has 1 heterocycles. The monoisotopic (exact) mass is 325 g/mol. The van der Waals surface area contributed by atoms with E-state index in [0.717, 1.165) is 24.2 Å². The predicted molar refractivity (Wildman–Crippen MR) is 73.3 cm³/mol. The third-order valence-corrected chi connectivity index (χ3v) is 5.14. The van der Waals surface area contributed by atoms with Gasteiger partial charge in [-0.1, -0.05) is 15.9 Å². The highest BCUT2D eigenvalue weighted by Crippen LogP contribution is 2.49. The van der Waals surface area contributed by atoms with Gasteiger partial charge in [0, 0.05) is 11.9 Å². The number of benzene rings is 1. The first-order valence-corrected chi connectivity index (χ1v) is 7.32. The summed E-state index contributed by atoms with van der Waals surface area (Å²) in [5, 5.41) is 0.813. The van der Waals surface area contributed by atoms with Crippen LogP contribution in [0.1, 0.15) is 28.8 Å². The second-order valence-electron chi connectivity index (χ2n) is 5.47. The molecule has 0 saturated heterocycles. The molecule has 1 fully saturated rings. The van der Waals surface area contributed by atoms with Gasteiger partial charge in [-0.05, 0) is 42.9 Å². The fourth-order valence-corrected chi connectivity index (χ4v) is 3.34. The third kappa shape index (κ3) is 1.91. The summed E-state index contributed by atoms with van der Waals surface area (Å²) in [6.07, 6.45) is 2.09. The highest BCUT2D eigenvalue weighted by Gasteiger charge is 2.47. The van der Waals surface area contributed by atoms with Crippen molar-refractivity contribution in [3.8, 4) is 0 Å². The number of alkyl halides is 1. The van der Waals surface area contributed by atoms with E-state index in [2.05, 4.69) is 15.9 Å². The fourth-order valence-electron chi connectivity index (χ4n) is 2.60. The van der Waals surface area contributed by atoms with Gasteiger partial charge in [-0.3, -0.25) is 9.59 Å². The summed E-state index contributed by atoms with van der Waals surface area (Å²) in [4.78, 5) is 25.6. The van der Waals surface area contributed by atoms with Crippen molar-refractivity contribution < 1.29 is 14.0 Å². The number of Topliss-reactive ketones (excluding diaryl/α,β-unsaturated/α-hetero) is 1. The molecule has 0 spiro atoms. The lowest BCUT2D eigenvalue weighted by molar-refractivity contribution is -0.114. The molecule has 1 saturated carbocycles. The number of ketones is 1. The van der Waals surface area contributed by atoms with E-state index in [0.29, 0.717) is 17.8 Å². The number of rotatable bonds is 3. The van der Waals surface area contributed by atoms with Crippen LogP contribution in [0.25, 0.3) is 0 Å². The minimum absolute atomic E-state index is 0.0817. The first-order chi connectivity index (χ1) is 8.97. The van der Waals surface area contributed by atoms with Crippen LogP contribution in [0, 0.1) is 18.2 Å². The van der Waals surface area contributed by atoms with Crippen molar-refractivity contribution in [3.63, 3.8) is 0 Å². The Hall–Kier alpha value is -1.23. The summed E-state index contributed by atoms with van der Waals surface area (Å²) in [5.74, 6) is -1.60. The fraction of sp³-hybridized carbons (Fsp3) is 0.429. The van der Waals surface area contributed by atoms with Crippen LogP contribution >= 0.6 is 15.9 Å². The predicted octanol–water partition coefficient (Wildman–Crippen LogP) is 2.84. The molecule has 3 rings (SSSR count). The molecule has 0 unspecified atom stereocenters. The summed E-state index contributed by atoms with van der Waals surface area (Å²) < 4.78 is 13.4. The average molecular weight is 326 g/mol. The number of carbonyl (C=O) groups is 2. The molecule has 100 valence electrons. The maximum atomic E-state index is 13.4. The van der Waals surface area contributed by atoms with Crippen molar-refractivity contribution in [2.24, 2.45) is 5.41 Å². The van der Waals surface area contributed by atoms with Crippen molar-refractivity contribution in [3.05, 3.63) is 29.1 Å². The van der Waals surface area contributed by atoms with Crippen LogP contribution in [0.2, 0.25) is 0 Å². The van der Waals surface area contributed by atoms with E-state index in [9.17, 15) is 14.0 Å². The maximum Gasteiger partial charge on any atom is 0.299 e. The van der Waals surface area contributed by atoms with E-state index >= 15 is 0 Å². The molecule has 0 radical (unpaired) electrons. The van der Waals surface area contributed by atoms with E-state index in [-0.39, 0.29) is 11.0 Å². The van der Waals surface area contributed by atoms with Crippen LogP contribution in [0.5, 0.6) is 0 Å².